The van der Waals surface area contributed by atoms with Crippen LogP contribution in [0.4, 0.5) is 0 Å². The molecule has 2 aromatic carbocycles. The molecule has 2 rings (SSSR count). The molecule has 100 valence electrons. The first-order valence-corrected chi connectivity index (χ1v) is 7.32. The first-order chi connectivity index (χ1) is 9.15. The van der Waals surface area contributed by atoms with Gasteiger partial charge < -0.3 is 0 Å². The van der Waals surface area contributed by atoms with Crippen LogP contribution < -0.4 is 11.3 Å². The summed E-state index contributed by atoms with van der Waals surface area (Å²) >= 11 is 9.47. The highest BCUT2D eigenvalue weighted by molar-refractivity contribution is 9.10. The van der Waals surface area contributed by atoms with Crippen molar-refractivity contribution in [1.29, 1.82) is 0 Å². The van der Waals surface area contributed by atoms with Crippen molar-refractivity contribution >= 4 is 27.5 Å². The predicted molar refractivity (Wildman–Crippen MR) is 84.1 cm³/mol. The second-order valence-electron chi connectivity index (χ2n) is 4.37. The van der Waals surface area contributed by atoms with Gasteiger partial charge in [0.25, 0.3) is 0 Å². The summed E-state index contributed by atoms with van der Waals surface area (Å²) in [5, 5.41) is 0.696. The zero-order valence-electron chi connectivity index (χ0n) is 10.7. The number of benzene rings is 2. The molecule has 3 N–H and O–H groups in total. The van der Waals surface area contributed by atoms with Gasteiger partial charge >= 0.3 is 0 Å². The van der Waals surface area contributed by atoms with Gasteiger partial charge in [-0.25, -0.2) is 5.43 Å². The Morgan fingerprint density at radius 2 is 1.95 bits per heavy atom. The average Bonchev–Trinajstić information content (AvgIpc) is 2.44. The largest absolute Gasteiger partial charge is 0.271 e. The molecule has 0 aromatic heterocycles. The van der Waals surface area contributed by atoms with Gasteiger partial charge in [-0.1, -0.05) is 48.9 Å². The van der Waals surface area contributed by atoms with Crippen molar-refractivity contribution in [2.75, 3.05) is 0 Å². The van der Waals surface area contributed by atoms with Crippen LogP contribution in [0, 0.1) is 0 Å². The van der Waals surface area contributed by atoms with Crippen molar-refractivity contribution in [2.24, 2.45) is 5.84 Å². The van der Waals surface area contributed by atoms with E-state index in [2.05, 4.69) is 52.5 Å². The lowest BCUT2D eigenvalue weighted by Crippen LogP contribution is -2.28. The molecule has 0 bridgehead atoms. The Kier molecular flexibility index (Phi) is 4.99. The van der Waals surface area contributed by atoms with E-state index in [4.69, 9.17) is 17.4 Å². The number of halogens is 2. The van der Waals surface area contributed by atoms with E-state index >= 15 is 0 Å². The van der Waals surface area contributed by atoms with Crippen molar-refractivity contribution in [3.63, 3.8) is 0 Å². The molecule has 0 fully saturated rings. The van der Waals surface area contributed by atoms with Crippen molar-refractivity contribution in [3.8, 4) is 0 Å². The van der Waals surface area contributed by atoms with Crippen LogP contribution in [0.5, 0.6) is 0 Å². The Balaban J connectivity index is 2.40. The summed E-state index contributed by atoms with van der Waals surface area (Å²) in [7, 11) is 0. The molecule has 2 aromatic rings. The Morgan fingerprint density at radius 1 is 1.21 bits per heavy atom. The molecule has 1 atom stereocenters. The minimum Gasteiger partial charge on any atom is -0.271 e. The maximum Gasteiger partial charge on any atom is 0.0710 e. The Labute approximate surface area is 127 Å². The van der Waals surface area contributed by atoms with Crippen LogP contribution >= 0.6 is 27.5 Å². The number of hydrogen-bond donors (Lipinski definition) is 2. The monoisotopic (exact) mass is 338 g/mol. The van der Waals surface area contributed by atoms with E-state index < -0.39 is 0 Å². The van der Waals surface area contributed by atoms with E-state index in [9.17, 15) is 0 Å². The minimum absolute atomic E-state index is 0.0416. The summed E-state index contributed by atoms with van der Waals surface area (Å²) in [5.41, 5.74) is 6.39. The molecule has 0 aliphatic carbocycles. The molecule has 1 unspecified atom stereocenters. The van der Waals surface area contributed by atoms with Crippen LogP contribution in [-0.4, -0.2) is 0 Å². The van der Waals surface area contributed by atoms with E-state index in [1.54, 1.807) is 0 Å². The van der Waals surface area contributed by atoms with Gasteiger partial charge in [-0.15, -0.1) is 0 Å². The Bertz CT molecular complexity index is 572. The molecule has 0 amide bonds. The quantitative estimate of drug-likeness (QED) is 0.646. The van der Waals surface area contributed by atoms with Gasteiger partial charge in [-0.3, -0.25) is 5.84 Å². The summed E-state index contributed by atoms with van der Waals surface area (Å²) in [6.07, 6.45) is 1.01. The van der Waals surface area contributed by atoms with Gasteiger partial charge in [0, 0.05) is 4.47 Å². The smallest absolute Gasteiger partial charge is 0.0710 e. The molecule has 4 heteroatoms. The fraction of sp³-hybridized carbons (Fsp3) is 0.200. The fourth-order valence-corrected chi connectivity index (χ4v) is 2.58. The molecule has 2 nitrogen and oxygen atoms in total. The third-order valence-electron chi connectivity index (χ3n) is 3.14. The third kappa shape index (κ3) is 3.37. The first kappa shape index (κ1) is 14.5. The second-order valence-corrected chi connectivity index (χ2v) is 5.63. The van der Waals surface area contributed by atoms with E-state index in [1.165, 1.54) is 5.56 Å². The first-order valence-electron chi connectivity index (χ1n) is 6.15. The number of aryl methyl sites for hydroxylation is 1. The third-order valence-corrected chi connectivity index (χ3v) is 4.35. The van der Waals surface area contributed by atoms with Crippen LogP contribution in [0.1, 0.15) is 29.7 Å². The topological polar surface area (TPSA) is 38.0 Å². The standard InChI is InChI=1S/C15H16BrClN2/c1-2-10-4-3-5-11(8-10)15(19-18)12-6-7-14(17)13(16)9-12/h3-9,15,19H,2,18H2,1H3. The summed E-state index contributed by atoms with van der Waals surface area (Å²) in [5.74, 6) is 5.72. The Morgan fingerprint density at radius 3 is 2.58 bits per heavy atom. The van der Waals surface area contributed by atoms with Gasteiger partial charge in [-0.2, -0.15) is 0 Å². The number of rotatable bonds is 4. The number of hydrazine groups is 1. The predicted octanol–water partition coefficient (Wildman–Crippen LogP) is 4.22. The van der Waals surface area contributed by atoms with Crippen molar-refractivity contribution in [2.45, 2.75) is 19.4 Å². The lowest BCUT2D eigenvalue weighted by Gasteiger charge is -2.18. The molecule has 19 heavy (non-hydrogen) atoms. The molecule has 0 heterocycles. The molecule has 0 spiro atoms. The maximum atomic E-state index is 6.02. The van der Waals surface area contributed by atoms with Crippen LogP contribution in [0.25, 0.3) is 0 Å². The van der Waals surface area contributed by atoms with E-state index in [0.717, 1.165) is 22.0 Å². The van der Waals surface area contributed by atoms with Gasteiger partial charge in [-0.05, 0) is 51.2 Å². The van der Waals surface area contributed by atoms with Gasteiger partial charge in [0.1, 0.15) is 0 Å². The van der Waals surface area contributed by atoms with Crippen LogP contribution in [0.2, 0.25) is 5.02 Å². The number of nitrogens with one attached hydrogen (secondary N) is 1. The lowest BCUT2D eigenvalue weighted by atomic mass is 9.97. The molecule has 0 radical (unpaired) electrons. The fourth-order valence-electron chi connectivity index (χ4n) is 2.07. The zero-order valence-corrected chi connectivity index (χ0v) is 13.0. The number of hydrogen-bond acceptors (Lipinski definition) is 2. The second kappa shape index (κ2) is 6.53. The van der Waals surface area contributed by atoms with Gasteiger partial charge in [0.2, 0.25) is 0 Å². The van der Waals surface area contributed by atoms with E-state index in [0.29, 0.717) is 5.02 Å². The normalized spacial score (nSPS) is 12.4. The maximum absolute atomic E-state index is 6.02. The van der Waals surface area contributed by atoms with Gasteiger partial charge in [0.15, 0.2) is 0 Å². The highest BCUT2D eigenvalue weighted by atomic mass is 79.9. The Hall–Kier alpha value is -0.870. The zero-order chi connectivity index (χ0) is 13.8. The molecule has 0 aliphatic rings. The molecule has 0 saturated heterocycles. The van der Waals surface area contributed by atoms with Crippen LogP contribution in [0.3, 0.4) is 0 Å². The molecular formula is C15H16BrClN2. The molecule has 0 aliphatic heterocycles. The molecular weight excluding hydrogens is 324 g/mol. The van der Waals surface area contributed by atoms with Crippen LogP contribution in [-0.2, 0) is 6.42 Å². The minimum atomic E-state index is -0.0416. The highest BCUT2D eigenvalue weighted by Gasteiger charge is 2.13. The van der Waals surface area contributed by atoms with Crippen molar-refractivity contribution in [1.82, 2.24) is 5.43 Å². The highest BCUT2D eigenvalue weighted by Crippen LogP contribution is 2.29. The SMILES string of the molecule is CCc1cccc(C(NN)c2ccc(Cl)c(Br)c2)c1. The van der Waals surface area contributed by atoms with E-state index in [-0.39, 0.29) is 6.04 Å². The van der Waals surface area contributed by atoms with Crippen molar-refractivity contribution in [3.05, 3.63) is 68.7 Å². The lowest BCUT2D eigenvalue weighted by molar-refractivity contribution is 0.636. The molecule has 0 saturated carbocycles. The summed E-state index contributed by atoms with van der Waals surface area (Å²) in [6, 6.07) is 14.2. The summed E-state index contributed by atoms with van der Waals surface area (Å²) < 4.78 is 0.874. The number of nitrogens with two attached hydrogens (primary N) is 1. The van der Waals surface area contributed by atoms with Crippen molar-refractivity contribution < 1.29 is 0 Å². The summed E-state index contributed by atoms with van der Waals surface area (Å²) in [6.45, 7) is 2.14. The summed E-state index contributed by atoms with van der Waals surface area (Å²) in [4.78, 5) is 0. The van der Waals surface area contributed by atoms with Gasteiger partial charge in [0.05, 0.1) is 11.1 Å². The average molecular weight is 340 g/mol. The van der Waals surface area contributed by atoms with Crippen LogP contribution in [0.15, 0.2) is 46.9 Å². The van der Waals surface area contributed by atoms with E-state index in [1.807, 2.05) is 18.2 Å².